The number of hydrogen-bond acceptors (Lipinski definition) is 1. The van der Waals surface area contributed by atoms with Gasteiger partial charge in [0.25, 0.3) is 0 Å². The molecular formula is C14H20FN. The van der Waals surface area contributed by atoms with Crippen LogP contribution in [0.25, 0.3) is 0 Å². The van der Waals surface area contributed by atoms with Crippen molar-refractivity contribution in [2.45, 2.75) is 44.3 Å². The monoisotopic (exact) mass is 221 g/mol. The molecule has 1 aliphatic carbocycles. The van der Waals surface area contributed by atoms with E-state index < -0.39 is 6.17 Å². The van der Waals surface area contributed by atoms with E-state index in [2.05, 4.69) is 17.4 Å². The van der Waals surface area contributed by atoms with E-state index >= 15 is 0 Å². The molecule has 0 unspecified atom stereocenters. The molecule has 0 radical (unpaired) electrons. The van der Waals surface area contributed by atoms with Gasteiger partial charge in [-0.1, -0.05) is 43.2 Å². The van der Waals surface area contributed by atoms with Gasteiger partial charge in [-0.05, 0) is 31.4 Å². The van der Waals surface area contributed by atoms with Gasteiger partial charge in [0, 0.05) is 6.04 Å². The Morgan fingerprint density at radius 1 is 1.12 bits per heavy atom. The second-order valence-electron chi connectivity index (χ2n) is 4.60. The Morgan fingerprint density at radius 3 is 2.62 bits per heavy atom. The van der Waals surface area contributed by atoms with Gasteiger partial charge in [-0.15, -0.1) is 0 Å². The number of alkyl halides is 1. The first-order valence-corrected chi connectivity index (χ1v) is 6.27. The lowest BCUT2D eigenvalue weighted by Crippen LogP contribution is -2.40. The number of hydrogen-bond donors (Lipinski definition) is 1. The second kappa shape index (κ2) is 6.00. The molecule has 1 nitrogen and oxygen atoms in total. The normalized spacial score (nSPS) is 25.6. The molecular weight excluding hydrogens is 201 g/mol. The highest BCUT2D eigenvalue weighted by Crippen LogP contribution is 2.20. The van der Waals surface area contributed by atoms with E-state index in [0.717, 1.165) is 32.2 Å². The third-order valence-electron chi connectivity index (χ3n) is 3.34. The second-order valence-corrected chi connectivity index (χ2v) is 4.60. The van der Waals surface area contributed by atoms with E-state index in [0.29, 0.717) is 0 Å². The molecule has 88 valence electrons. The summed E-state index contributed by atoms with van der Waals surface area (Å²) in [5.74, 6) is 0. The minimum atomic E-state index is -0.635. The fourth-order valence-corrected chi connectivity index (χ4v) is 2.36. The van der Waals surface area contributed by atoms with Gasteiger partial charge in [-0.2, -0.15) is 0 Å². The highest BCUT2D eigenvalue weighted by molar-refractivity contribution is 5.14. The van der Waals surface area contributed by atoms with Crippen LogP contribution in [-0.2, 0) is 6.42 Å². The van der Waals surface area contributed by atoms with Gasteiger partial charge in [-0.3, -0.25) is 0 Å². The molecule has 0 heterocycles. The topological polar surface area (TPSA) is 12.0 Å². The van der Waals surface area contributed by atoms with Crippen molar-refractivity contribution in [1.29, 1.82) is 0 Å². The van der Waals surface area contributed by atoms with Gasteiger partial charge in [-0.25, -0.2) is 4.39 Å². The Bertz CT molecular complexity index is 299. The maximum Gasteiger partial charge on any atom is 0.115 e. The van der Waals surface area contributed by atoms with Crippen LogP contribution in [0.4, 0.5) is 4.39 Å². The quantitative estimate of drug-likeness (QED) is 0.823. The summed E-state index contributed by atoms with van der Waals surface area (Å²) in [7, 11) is 0. The van der Waals surface area contributed by atoms with E-state index in [1.54, 1.807) is 0 Å². The zero-order chi connectivity index (χ0) is 11.2. The van der Waals surface area contributed by atoms with Crippen molar-refractivity contribution in [2.75, 3.05) is 6.54 Å². The molecule has 1 saturated carbocycles. The van der Waals surface area contributed by atoms with Gasteiger partial charge in [0.2, 0.25) is 0 Å². The van der Waals surface area contributed by atoms with Gasteiger partial charge in [0.05, 0.1) is 0 Å². The Labute approximate surface area is 97.1 Å². The van der Waals surface area contributed by atoms with Crippen LogP contribution < -0.4 is 5.32 Å². The number of rotatable bonds is 4. The summed E-state index contributed by atoms with van der Waals surface area (Å²) in [5.41, 5.74) is 1.32. The molecule has 2 heteroatoms. The van der Waals surface area contributed by atoms with Crippen LogP contribution in [0, 0.1) is 0 Å². The fourth-order valence-electron chi connectivity index (χ4n) is 2.36. The Morgan fingerprint density at radius 2 is 1.88 bits per heavy atom. The SMILES string of the molecule is F[C@@H]1CCCC[C@H]1NCCc1ccccc1. The number of nitrogens with one attached hydrogen (secondary N) is 1. The first kappa shape index (κ1) is 11.6. The van der Waals surface area contributed by atoms with Crippen LogP contribution in [0.5, 0.6) is 0 Å². The van der Waals surface area contributed by atoms with Crippen LogP contribution in [0.1, 0.15) is 31.2 Å². The molecule has 1 aromatic rings. The van der Waals surface area contributed by atoms with Crippen LogP contribution in [-0.4, -0.2) is 18.8 Å². The van der Waals surface area contributed by atoms with E-state index in [9.17, 15) is 4.39 Å². The van der Waals surface area contributed by atoms with E-state index in [4.69, 9.17) is 0 Å². The van der Waals surface area contributed by atoms with Crippen molar-refractivity contribution in [3.63, 3.8) is 0 Å². The van der Waals surface area contributed by atoms with E-state index in [1.165, 1.54) is 12.0 Å². The molecule has 2 atom stereocenters. The average molecular weight is 221 g/mol. The van der Waals surface area contributed by atoms with Crippen molar-refractivity contribution < 1.29 is 4.39 Å². The molecule has 0 aliphatic heterocycles. The third kappa shape index (κ3) is 3.31. The molecule has 1 aromatic carbocycles. The summed E-state index contributed by atoms with van der Waals surface area (Å²) in [5, 5.41) is 3.34. The molecule has 1 aliphatic rings. The highest BCUT2D eigenvalue weighted by atomic mass is 19.1. The maximum absolute atomic E-state index is 13.5. The standard InChI is InChI=1S/C14H20FN/c15-13-8-4-5-9-14(13)16-11-10-12-6-2-1-3-7-12/h1-3,6-7,13-14,16H,4-5,8-11H2/t13-,14-/m1/s1. The van der Waals surface area contributed by atoms with Crippen LogP contribution >= 0.6 is 0 Å². The minimum absolute atomic E-state index is 0.0949. The van der Waals surface area contributed by atoms with Gasteiger partial charge >= 0.3 is 0 Å². The summed E-state index contributed by atoms with van der Waals surface area (Å²) >= 11 is 0. The number of benzene rings is 1. The van der Waals surface area contributed by atoms with E-state index in [-0.39, 0.29) is 6.04 Å². The first-order valence-electron chi connectivity index (χ1n) is 6.27. The van der Waals surface area contributed by atoms with Crippen LogP contribution in [0.15, 0.2) is 30.3 Å². The lowest BCUT2D eigenvalue weighted by atomic mass is 9.93. The fraction of sp³-hybridized carbons (Fsp3) is 0.571. The lowest BCUT2D eigenvalue weighted by molar-refractivity contribution is 0.190. The molecule has 2 rings (SSSR count). The minimum Gasteiger partial charge on any atom is -0.311 e. The molecule has 0 amide bonds. The smallest absolute Gasteiger partial charge is 0.115 e. The molecule has 0 saturated heterocycles. The van der Waals surface area contributed by atoms with Gasteiger partial charge in [0.1, 0.15) is 6.17 Å². The summed E-state index contributed by atoms with van der Waals surface area (Å²) in [6.45, 7) is 0.884. The van der Waals surface area contributed by atoms with E-state index in [1.807, 2.05) is 18.2 Å². The van der Waals surface area contributed by atoms with Crippen LogP contribution in [0.2, 0.25) is 0 Å². The molecule has 1 N–H and O–H groups in total. The zero-order valence-corrected chi connectivity index (χ0v) is 9.66. The molecule has 16 heavy (non-hydrogen) atoms. The Kier molecular flexibility index (Phi) is 4.34. The largest absolute Gasteiger partial charge is 0.311 e. The summed E-state index contributed by atoms with van der Waals surface area (Å²) in [4.78, 5) is 0. The molecule has 0 spiro atoms. The Balaban J connectivity index is 1.71. The Hall–Kier alpha value is -0.890. The van der Waals surface area contributed by atoms with Gasteiger partial charge < -0.3 is 5.32 Å². The molecule has 1 fully saturated rings. The summed E-state index contributed by atoms with van der Waals surface area (Å²) in [6.07, 6.45) is 4.31. The predicted molar refractivity (Wildman–Crippen MR) is 65.3 cm³/mol. The van der Waals surface area contributed by atoms with Gasteiger partial charge in [0.15, 0.2) is 0 Å². The third-order valence-corrected chi connectivity index (χ3v) is 3.34. The van der Waals surface area contributed by atoms with Crippen LogP contribution in [0.3, 0.4) is 0 Å². The molecule has 0 bridgehead atoms. The van der Waals surface area contributed by atoms with Crippen molar-refractivity contribution in [3.05, 3.63) is 35.9 Å². The van der Waals surface area contributed by atoms with Crippen molar-refractivity contribution in [2.24, 2.45) is 0 Å². The summed E-state index contributed by atoms with van der Waals surface area (Å²) < 4.78 is 13.5. The zero-order valence-electron chi connectivity index (χ0n) is 9.66. The highest BCUT2D eigenvalue weighted by Gasteiger charge is 2.23. The number of halogens is 1. The molecule has 0 aromatic heterocycles. The summed E-state index contributed by atoms with van der Waals surface area (Å²) in [6, 6.07) is 10.5. The van der Waals surface area contributed by atoms with Crippen molar-refractivity contribution in [3.8, 4) is 0 Å². The first-order chi connectivity index (χ1) is 7.86. The average Bonchev–Trinajstić information content (AvgIpc) is 2.33. The maximum atomic E-state index is 13.5. The lowest BCUT2D eigenvalue weighted by Gasteiger charge is -2.26. The predicted octanol–water partition coefficient (Wildman–Crippen LogP) is 3.10. The van der Waals surface area contributed by atoms with Crippen molar-refractivity contribution >= 4 is 0 Å². The van der Waals surface area contributed by atoms with Crippen molar-refractivity contribution in [1.82, 2.24) is 5.32 Å².